The Morgan fingerprint density at radius 3 is 2.58 bits per heavy atom. The number of piperazine rings is 1. The summed E-state index contributed by atoms with van der Waals surface area (Å²) in [5.74, 6) is 1.74. The maximum atomic E-state index is 11.8. The van der Waals surface area contributed by atoms with Crippen LogP contribution in [0.1, 0.15) is 26.2 Å². The fraction of sp³-hybridized carbons (Fsp3) is 0.435. The van der Waals surface area contributed by atoms with Crippen molar-refractivity contribution in [1.29, 1.82) is 0 Å². The van der Waals surface area contributed by atoms with Crippen LogP contribution in [0.15, 0.2) is 42.6 Å². The zero-order valence-electron chi connectivity index (χ0n) is 17.6. The lowest BCUT2D eigenvalue weighted by atomic mass is 9.91. The number of pyridine rings is 1. The molecule has 2 atom stereocenters. The van der Waals surface area contributed by atoms with Gasteiger partial charge < -0.3 is 14.4 Å². The molecule has 0 unspecified atom stereocenters. The van der Waals surface area contributed by atoms with Crippen molar-refractivity contribution in [2.24, 2.45) is 0 Å². The van der Waals surface area contributed by atoms with Crippen molar-refractivity contribution in [2.75, 3.05) is 26.2 Å². The molecule has 5 rings (SSSR count). The molecule has 2 aliphatic heterocycles. The number of fused-ring (bicyclic) bond motifs is 3. The van der Waals surface area contributed by atoms with Gasteiger partial charge in [-0.05, 0) is 49.2 Å². The Labute approximate surface area is 185 Å². The second-order valence-corrected chi connectivity index (χ2v) is 9.12. The van der Waals surface area contributed by atoms with Crippen LogP contribution in [-0.2, 0) is 4.79 Å². The number of carbonyl (C=O) groups is 1. The fourth-order valence-corrected chi connectivity index (χ4v) is 5.38. The summed E-state index contributed by atoms with van der Waals surface area (Å²) in [5, 5.41) is 0.582. The van der Waals surface area contributed by atoms with E-state index in [9.17, 15) is 4.79 Å². The van der Waals surface area contributed by atoms with Crippen molar-refractivity contribution >= 4 is 27.6 Å². The summed E-state index contributed by atoms with van der Waals surface area (Å²) in [6.45, 7) is 4.89. The summed E-state index contributed by atoms with van der Waals surface area (Å²) < 4.78 is 12.9. The van der Waals surface area contributed by atoms with E-state index < -0.39 is 0 Å². The second kappa shape index (κ2) is 8.80. The molecule has 7 nitrogen and oxygen atoms in total. The van der Waals surface area contributed by atoms with Gasteiger partial charge in [0.05, 0.1) is 4.70 Å². The number of carbonyl (C=O) groups excluding carboxylic acids is 1. The summed E-state index contributed by atoms with van der Waals surface area (Å²) in [4.78, 5) is 25.0. The highest BCUT2D eigenvalue weighted by Gasteiger charge is 2.37. The third-order valence-corrected chi connectivity index (χ3v) is 7.00. The van der Waals surface area contributed by atoms with E-state index in [2.05, 4.69) is 14.9 Å². The van der Waals surface area contributed by atoms with E-state index >= 15 is 0 Å². The molecular formula is C23H26N4O3S. The first-order chi connectivity index (χ1) is 15.2. The van der Waals surface area contributed by atoms with Crippen molar-refractivity contribution < 1.29 is 14.3 Å². The molecule has 0 radical (unpaired) electrons. The van der Waals surface area contributed by atoms with Gasteiger partial charge in [-0.25, -0.2) is 4.98 Å². The third-order valence-electron chi connectivity index (χ3n) is 6.11. The van der Waals surface area contributed by atoms with Crippen LogP contribution in [0.3, 0.4) is 0 Å². The number of rotatable bonds is 6. The van der Waals surface area contributed by atoms with Gasteiger partial charge in [-0.1, -0.05) is 17.8 Å². The number of ether oxygens (including phenoxy) is 2. The van der Waals surface area contributed by atoms with Gasteiger partial charge in [0.15, 0.2) is 5.65 Å². The van der Waals surface area contributed by atoms with Crippen molar-refractivity contribution in [3.8, 4) is 16.7 Å². The average molecular weight is 439 g/mol. The maximum Gasteiger partial charge on any atom is 0.281 e. The van der Waals surface area contributed by atoms with Crippen molar-refractivity contribution in [2.45, 2.75) is 38.3 Å². The highest BCUT2D eigenvalue weighted by molar-refractivity contribution is 7.20. The minimum Gasteiger partial charge on any atom is -0.492 e. The number of amides is 1. The lowest BCUT2D eigenvalue weighted by Gasteiger charge is -2.50. The van der Waals surface area contributed by atoms with Crippen LogP contribution in [0.4, 0.5) is 0 Å². The zero-order chi connectivity index (χ0) is 21.2. The number of benzene rings is 1. The van der Waals surface area contributed by atoms with Crippen LogP contribution in [0.25, 0.3) is 10.3 Å². The van der Waals surface area contributed by atoms with E-state index in [0.29, 0.717) is 29.5 Å². The number of piperidine rings is 1. The van der Waals surface area contributed by atoms with Gasteiger partial charge in [-0.2, -0.15) is 4.98 Å². The van der Waals surface area contributed by atoms with Gasteiger partial charge in [0.2, 0.25) is 5.91 Å². The van der Waals surface area contributed by atoms with E-state index in [0.717, 1.165) is 48.7 Å². The monoisotopic (exact) mass is 438 g/mol. The van der Waals surface area contributed by atoms with E-state index in [1.54, 1.807) is 13.1 Å². The van der Waals surface area contributed by atoms with Gasteiger partial charge in [0.25, 0.3) is 5.19 Å². The second-order valence-electron chi connectivity index (χ2n) is 8.13. The number of thiazole rings is 1. The lowest BCUT2D eigenvalue weighted by molar-refractivity contribution is -0.135. The van der Waals surface area contributed by atoms with Gasteiger partial charge in [-0.15, -0.1) is 0 Å². The lowest BCUT2D eigenvalue weighted by Crippen LogP contribution is -2.62. The first kappa shape index (κ1) is 20.2. The molecule has 2 aromatic heterocycles. The molecule has 2 aliphatic rings. The molecular weight excluding hydrogens is 412 g/mol. The molecule has 2 saturated heterocycles. The van der Waals surface area contributed by atoms with Gasteiger partial charge in [-0.3, -0.25) is 9.69 Å². The topological polar surface area (TPSA) is 67.8 Å². The highest BCUT2D eigenvalue weighted by Crippen LogP contribution is 2.31. The first-order valence-electron chi connectivity index (χ1n) is 10.8. The standard InChI is InChI=1S/C23H26N4O3S/c1-16(28)26-14-17-4-2-5-18(15-26)27(17)12-13-29-19-7-9-20(10-8-19)30-23-25-22-21(31-23)6-3-11-24-22/h3,6-11,17-18H,2,4-5,12-15H2,1H3/t17-,18+. The number of hydrogen-bond acceptors (Lipinski definition) is 7. The Hall–Kier alpha value is -2.71. The van der Waals surface area contributed by atoms with Gasteiger partial charge >= 0.3 is 0 Å². The van der Waals surface area contributed by atoms with E-state index in [-0.39, 0.29) is 5.91 Å². The highest BCUT2D eigenvalue weighted by atomic mass is 32.1. The average Bonchev–Trinajstić information content (AvgIpc) is 3.17. The van der Waals surface area contributed by atoms with Crippen molar-refractivity contribution in [3.63, 3.8) is 0 Å². The van der Waals surface area contributed by atoms with Crippen LogP contribution in [0.2, 0.25) is 0 Å². The maximum absolute atomic E-state index is 11.8. The predicted molar refractivity (Wildman–Crippen MR) is 120 cm³/mol. The van der Waals surface area contributed by atoms with Crippen LogP contribution in [0, 0.1) is 0 Å². The third kappa shape index (κ3) is 4.50. The Bertz CT molecular complexity index is 1010. The molecule has 0 N–H and O–H groups in total. The van der Waals surface area contributed by atoms with Crippen LogP contribution in [0.5, 0.6) is 16.7 Å². The normalized spacial score (nSPS) is 21.3. The molecule has 0 spiro atoms. The van der Waals surface area contributed by atoms with Crippen molar-refractivity contribution in [3.05, 3.63) is 42.6 Å². The molecule has 0 saturated carbocycles. The Kier molecular flexibility index (Phi) is 5.74. The Morgan fingerprint density at radius 1 is 1.13 bits per heavy atom. The number of hydrogen-bond donors (Lipinski definition) is 0. The summed E-state index contributed by atoms with van der Waals surface area (Å²) in [6.07, 6.45) is 5.31. The van der Waals surface area contributed by atoms with Crippen LogP contribution < -0.4 is 9.47 Å². The number of nitrogens with zero attached hydrogens (tertiary/aromatic N) is 4. The van der Waals surface area contributed by atoms with Gasteiger partial charge in [0.1, 0.15) is 18.1 Å². The molecule has 4 heterocycles. The molecule has 162 valence electrons. The van der Waals surface area contributed by atoms with E-state index in [1.165, 1.54) is 17.8 Å². The molecule has 1 amide bonds. The molecule has 1 aromatic carbocycles. The zero-order valence-corrected chi connectivity index (χ0v) is 18.4. The fourth-order valence-electron chi connectivity index (χ4n) is 4.58. The summed E-state index contributed by atoms with van der Waals surface area (Å²) in [5.41, 5.74) is 0.705. The minimum atomic E-state index is 0.192. The van der Waals surface area contributed by atoms with Gasteiger partial charge in [0, 0.05) is 44.8 Å². The smallest absolute Gasteiger partial charge is 0.281 e. The van der Waals surface area contributed by atoms with Crippen LogP contribution in [-0.4, -0.2) is 64.0 Å². The molecule has 2 fully saturated rings. The summed E-state index contributed by atoms with van der Waals surface area (Å²) in [7, 11) is 0. The quantitative estimate of drug-likeness (QED) is 0.581. The van der Waals surface area contributed by atoms with E-state index in [1.807, 2.05) is 41.3 Å². The molecule has 31 heavy (non-hydrogen) atoms. The number of likely N-dealkylation sites (tertiary alicyclic amines) is 1. The molecule has 3 aromatic rings. The van der Waals surface area contributed by atoms with Crippen molar-refractivity contribution in [1.82, 2.24) is 19.8 Å². The first-order valence-corrected chi connectivity index (χ1v) is 11.6. The molecule has 8 heteroatoms. The Balaban J connectivity index is 1.14. The SMILES string of the molecule is CC(=O)N1C[C@H]2CCC[C@@H](C1)N2CCOc1ccc(Oc2nc3ncccc3s2)cc1. The van der Waals surface area contributed by atoms with Crippen LogP contribution >= 0.6 is 11.3 Å². The summed E-state index contributed by atoms with van der Waals surface area (Å²) >= 11 is 1.48. The molecule has 0 aliphatic carbocycles. The minimum absolute atomic E-state index is 0.192. The molecule has 2 bridgehead atoms. The Morgan fingerprint density at radius 2 is 1.87 bits per heavy atom. The number of aromatic nitrogens is 2. The van der Waals surface area contributed by atoms with E-state index in [4.69, 9.17) is 9.47 Å². The summed E-state index contributed by atoms with van der Waals surface area (Å²) in [6, 6.07) is 12.4. The largest absolute Gasteiger partial charge is 0.492 e. The predicted octanol–water partition coefficient (Wildman–Crippen LogP) is 3.95.